The van der Waals surface area contributed by atoms with Gasteiger partial charge in [0.05, 0.1) is 5.01 Å². The second kappa shape index (κ2) is 8.02. The maximum absolute atomic E-state index is 12.6. The number of guanidine groups is 1. The van der Waals surface area contributed by atoms with E-state index in [4.69, 9.17) is 0 Å². The highest BCUT2D eigenvalue weighted by Crippen LogP contribution is 2.30. The van der Waals surface area contributed by atoms with E-state index in [1.807, 2.05) is 6.92 Å². The highest BCUT2D eigenvalue weighted by Gasteiger charge is 2.33. The molecule has 0 atom stereocenters. The summed E-state index contributed by atoms with van der Waals surface area (Å²) in [4.78, 5) is 8.11. The zero-order valence-electron chi connectivity index (χ0n) is 14.3. The molecule has 0 aromatic carbocycles. The molecule has 1 aliphatic heterocycles. The Hall–Kier alpha value is -2.17. The van der Waals surface area contributed by atoms with Gasteiger partial charge in [-0.15, -0.1) is 21.5 Å². The van der Waals surface area contributed by atoms with Crippen LogP contribution in [-0.4, -0.2) is 38.8 Å². The number of nitrogens with one attached hydrogen (secondary N) is 2. The number of alkyl halides is 3. The minimum absolute atomic E-state index is 0.394. The molecule has 0 unspecified atom stereocenters. The van der Waals surface area contributed by atoms with Crippen molar-refractivity contribution in [1.82, 2.24) is 30.4 Å². The quantitative estimate of drug-likeness (QED) is 0.585. The van der Waals surface area contributed by atoms with Crippen LogP contribution in [0.15, 0.2) is 10.4 Å². The summed E-state index contributed by atoms with van der Waals surface area (Å²) in [5.74, 6) is 2.41. The molecule has 0 aliphatic carbocycles. The van der Waals surface area contributed by atoms with Gasteiger partial charge in [-0.3, -0.25) is 0 Å². The van der Waals surface area contributed by atoms with E-state index in [2.05, 4.69) is 35.4 Å². The Kier molecular flexibility index (Phi) is 5.74. The molecule has 2 aromatic heterocycles. The van der Waals surface area contributed by atoms with Crippen molar-refractivity contribution in [3.63, 3.8) is 0 Å². The first kappa shape index (κ1) is 18.6. The molecule has 1 aliphatic rings. The van der Waals surface area contributed by atoms with Crippen LogP contribution in [-0.2, 0) is 32.1 Å². The Morgan fingerprint density at radius 1 is 1.35 bits per heavy atom. The lowest BCUT2D eigenvalue weighted by molar-refractivity contribution is -0.140. The van der Waals surface area contributed by atoms with Gasteiger partial charge in [0.1, 0.15) is 12.4 Å². The standard InChI is InChI=1S/C15H20F3N7S/c1-2-19-14(21-8-12-24-23-11-4-3-7-25(11)12)20-6-5-13-22-10(9-26-13)15(16,17)18/h9H,2-8H2,1H3,(H2,19,20,21). The topological polar surface area (TPSA) is 80.0 Å². The van der Waals surface area contributed by atoms with Crippen molar-refractivity contribution in [1.29, 1.82) is 0 Å². The van der Waals surface area contributed by atoms with E-state index in [9.17, 15) is 13.2 Å². The molecule has 2 aromatic rings. The Morgan fingerprint density at radius 3 is 2.92 bits per heavy atom. The van der Waals surface area contributed by atoms with Crippen LogP contribution in [0, 0.1) is 0 Å². The summed E-state index contributed by atoms with van der Waals surface area (Å²) in [5, 5.41) is 16.0. The molecule has 11 heteroatoms. The van der Waals surface area contributed by atoms with Crippen LogP contribution < -0.4 is 10.6 Å². The van der Waals surface area contributed by atoms with Crippen molar-refractivity contribution in [3.8, 4) is 0 Å². The van der Waals surface area contributed by atoms with E-state index in [1.165, 1.54) is 0 Å². The molecular formula is C15H20F3N7S. The number of rotatable bonds is 6. The smallest absolute Gasteiger partial charge is 0.357 e. The Balaban J connectivity index is 1.54. The minimum atomic E-state index is -4.39. The number of fused-ring (bicyclic) bond motifs is 1. The van der Waals surface area contributed by atoms with Crippen LogP contribution >= 0.6 is 11.3 Å². The maximum atomic E-state index is 12.6. The average molecular weight is 387 g/mol. The summed E-state index contributed by atoms with van der Waals surface area (Å²) >= 11 is 1.01. The predicted molar refractivity (Wildman–Crippen MR) is 92.0 cm³/mol. The minimum Gasteiger partial charge on any atom is -0.357 e. The first-order chi connectivity index (χ1) is 12.5. The number of aromatic nitrogens is 4. The molecular weight excluding hydrogens is 367 g/mol. The molecule has 0 saturated carbocycles. The molecule has 0 saturated heterocycles. The summed E-state index contributed by atoms with van der Waals surface area (Å²) in [7, 11) is 0. The van der Waals surface area contributed by atoms with Gasteiger partial charge in [0.15, 0.2) is 17.5 Å². The van der Waals surface area contributed by atoms with E-state index >= 15 is 0 Å². The number of aliphatic imine (C=N–C) groups is 1. The van der Waals surface area contributed by atoms with Gasteiger partial charge in [-0.25, -0.2) is 9.98 Å². The molecule has 26 heavy (non-hydrogen) atoms. The van der Waals surface area contributed by atoms with Crippen molar-refractivity contribution in [3.05, 3.63) is 27.7 Å². The third kappa shape index (κ3) is 4.51. The lowest BCUT2D eigenvalue weighted by atomic mass is 10.4. The number of hydrogen-bond acceptors (Lipinski definition) is 5. The van der Waals surface area contributed by atoms with Gasteiger partial charge in [0.2, 0.25) is 0 Å². The zero-order valence-corrected chi connectivity index (χ0v) is 15.1. The lowest BCUT2D eigenvalue weighted by Gasteiger charge is -2.10. The monoisotopic (exact) mass is 387 g/mol. The van der Waals surface area contributed by atoms with Gasteiger partial charge >= 0.3 is 6.18 Å². The van der Waals surface area contributed by atoms with Crippen molar-refractivity contribution in [2.45, 2.75) is 45.5 Å². The first-order valence-corrected chi connectivity index (χ1v) is 9.30. The molecule has 0 spiro atoms. The van der Waals surface area contributed by atoms with Gasteiger partial charge in [-0.05, 0) is 13.3 Å². The largest absolute Gasteiger partial charge is 0.434 e. The van der Waals surface area contributed by atoms with Gasteiger partial charge in [0.25, 0.3) is 0 Å². The number of hydrogen-bond donors (Lipinski definition) is 2. The molecule has 142 valence electrons. The predicted octanol–water partition coefficient (Wildman–Crippen LogP) is 2.00. The third-order valence-electron chi connectivity index (χ3n) is 3.88. The number of thiazole rings is 1. The summed E-state index contributed by atoms with van der Waals surface area (Å²) in [6.45, 7) is 4.39. The molecule has 3 heterocycles. The fourth-order valence-electron chi connectivity index (χ4n) is 2.66. The van der Waals surface area contributed by atoms with E-state index in [0.717, 1.165) is 47.8 Å². The Bertz CT molecular complexity index is 766. The van der Waals surface area contributed by atoms with E-state index in [-0.39, 0.29) is 0 Å². The second-order valence-corrected chi connectivity index (χ2v) is 6.73. The number of halogens is 3. The number of aryl methyl sites for hydroxylation is 1. The molecule has 0 bridgehead atoms. The first-order valence-electron chi connectivity index (χ1n) is 8.42. The van der Waals surface area contributed by atoms with Crippen LogP contribution in [0.5, 0.6) is 0 Å². The van der Waals surface area contributed by atoms with E-state index in [1.54, 1.807) is 0 Å². The van der Waals surface area contributed by atoms with Gasteiger partial charge in [0, 0.05) is 37.9 Å². The number of nitrogens with zero attached hydrogens (tertiary/aromatic N) is 5. The summed E-state index contributed by atoms with van der Waals surface area (Å²) in [6.07, 6.45) is -1.97. The van der Waals surface area contributed by atoms with Crippen LogP contribution in [0.3, 0.4) is 0 Å². The SMILES string of the molecule is CCNC(=NCc1nnc2n1CCC2)NCCc1nc(C(F)(F)F)cs1. The van der Waals surface area contributed by atoms with Crippen LogP contribution in [0.2, 0.25) is 0 Å². The summed E-state index contributed by atoms with van der Waals surface area (Å²) in [6, 6.07) is 0. The fraction of sp³-hybridized carbons (Fsp3) is 0.600. The van der Waals surface area contributed by atoms with Gasteiger partial charge in [-0.2, -0.15) is 13.2 Å². The van der Waals surface area contributed by atoms with Gasteiger partial charge in [-0.1, -0.05) is 0 Å². The van der Waals surface area contributed by atoms with Crippen LogP contribution in [0.1, 0.15) is 35.7 Å². The van der Waals surface area contributed by atoms with Crippen molar-refractivity contribution in [2.75, 3.05) is 13.1 Å². The average Bonchev–Trinajstić information content (AvgIpc) is 3.29. The molecule has 2 N–H and O–H groups in total. The molecule has 0 fully saturated rings. The summed E-state index contributed by atoms with van der Waals surface area (Å²) in [5.41, 5.74) is -0.835. The normalized spacial score (nSPS) is 14.5. The van der Waals surface area contributed by atoms with Gasteiger partial charge < -0.3 is 15.2 Å². The third-order valence-corrected chi connectivity index (χ3v) is 4.79. The van der Waals surface area contributed by atoms with Crippen LogP contribution in [0.4, 0.5) is 13.2 Å². The van der Waals surface area contributed by atoms with Crippen molar-refractivity contribution < 1.29 is 13.2 Å². The van der Waals surface area contributed by atoms with E-state index in [0.29, 0.717) is 37.0 Å². The highest BCUT2D eigenvalue weighted by atomic mass is 32.1. The maximum Gasteiger partial charge on any atom is 0.434 e. The summed E-state index contributed by atoms with van der Waals surface area (Å²) < 4.78 is 39.8. The fourth-order valence-corrected chi connectivity index (χ4v) is 3.47. The van der Waals surface area contributed by atoms with Crippen molar-refractivity contribution >= 4 is 17.3 Å². The zero-order chi connectivity index (χ0) is 18.6. The molecule has 7 nitrogen and oxygen atoms in total. The molecule has 3 rings (SSSR count). The molecule has 0 radical (unpaired) electrons. The lowest BCUT2D eigenvalue weighted by Crippen LogP contribution is -2.38. The van der Waals surface area contributed by atoms with Crippen LogP contribution in [0.25, 0.3) is 0 Å². The highest BCUT2D eigenvalue weighted by molar-refractivity contribution is 7.09. The Morgan fingerprint density at radius 2 is 2.19 bits per heavy atom. The Labute approximate surface area is 152 Å². The second-order valence-electron chi connectivity index (χ2n) is 5.78. The van der Waals surface area contributed by atoms with E-state index < -0.39 is 11.9 Å². The van der Waals surface area contributed by atoms with Crippen molar-refractivity contribution in [2.24, 2.45) is 4.99 Å². The molecule has 0 amide bonds.